The van der Waals surface area contributed by atoms with Gasteiger partial charge in [0.25, 0.3) is 0 Å². The molecule has 2 atom stereocenters. The van der Waals surface area contributed by atoms with Crippen LogP contribution >= 0.6 is 24.4 Å². The average Bonchev–Trinajstić information content (AvgIpc) is 1.83. The lowest BCUT2D eigenvalue weighted by Crippen LogP contribution is -2.01. The van der Waals surface area contributed by atoms with Crippen LogP contribution in [0.1, 0.15) is 27.2 Å². The van der Waals surface area contributed by atoms with E-state index in [0.29, 0.717) is 5.25 Å². The van der Waals surface area contributed by atoms with Crippen LogP contribution in [0.15, 0.2) is 0 Å². The van der Waals surface area contributed by atoms with Gasteiger partial charge in [-0.1, -0.05) is 20.8 Å². The Bertz CT molecular complexity index is 61.9. The molecule has 56 valence electrons. The van der Waals surface area contributed by atoms with Gasteiger partial charge in [-0.15, -0.1) is 0 Å². The second-order valence-electron chi connectivity index (χ2n) is 2.40. The van der Waals surface area contributed by atoms with Crippen molar-refractivity contribution in [3.8, 4) is 0 Å². The van der Waals surface area contributed by atoms with E-state index in [-0.39, 0.29) is 0 Å². The first-order valence-corrected chi connectivity index (χ1v) is 5.03. The van der Waals surface area contributed by atoms with Gasteiger partial charge in [0.1, 0.15) is 0 Å². The van der Waals surface area contributed by atoms with Crippen LogP contribution in [0.2, 0.25) is 0 Å². The molecule has 0 rings (SSSR count). The molecule has 0 saturated carbocycles. The Kier molecular flexibility index (Phi) is 5.91. The molecule has 2 heteroatoms. The molecular formula is C7H16S2. The highest BCUT2D eigenvalue weighted by molar-refractivity contribution is 8.00. The van der Waals surface area contributed by atoms with Gasteiger partial charge in [0.2, 0.25) is 0 Å². The zero-order valence-electron chi connectivity index (χ0n) is 6.42. The first-order chi connectivity index (χ1) is 4.16. The van der Waals surface area contributed by atoms with Gasteiger partial charge in [0.05, 0.1) is 0 Å². The highest BCUT2D eigenvalue weighted by atomic mass is 32.2. The van der Waals surface area contributed by atoms with Crippen molar-refractivity contribution in [3.63, 3.8) is 0 Å². The van der Waals surface area contributed by atoms with Gasteiger partial charge in [-0.3, -0.25) is 0 Å². The van der Waals surface area contributed by atoms with Crippen molar-refractivity contribution < 1.29 is 0 Å². The van der Waals surface area contributed by atoms with Crippen molar-refractivity contribution >= 4 is 24.4 Å². The monoisotopic (exact) mass is 164 g/mol. The number of thiol groups is 1. The predicted octanol–water partition coefficient (Wildman–Crippen LogP) is 2.84. The SMILES string of the molecule is CCC(C)SCC(C)S. The van der Waals surface area contributed by atoms with E-state index in [1.165, 1.54) is 12.2 Å². The molecule has 0 aliphatic carbocycles. The fourth-order valence-corrected chi connectivity index (χ4v) is 1.52. The molecular weight excluding hydrogens is 148 g/mol. The van der Waals surface area contributed by atoms with E-state index >= 15 is 0 Å². The van der Waals surface area contributed by atoms with E-state index in [1.54, 1.807) is 0 Å². The van der Waals surface area contributed by atoms with Gasteiger partial charge in [0, 0.05) is 16.3 Å². The van der Waals surface area contributed by atoms with Crippen molar-refractivity contribution in [1.29, 1.82) is 0 Å². The summed E-state index contributed by atoms with van der Waals surface area (Å²) in [5.41, 5.74) is 0. The molecule has 0 bridgehead atoms. The zero-order chi connectivity index (χ0) is 7.28. The lowest BCUT2D eigenvalue weighted by Gasteiger charge is -2.08. The van der Waals surface area contributed by atoms with E-state index in [2.05, 4.69) is 33.4 Å². The number of hydrogen-bond acceptors (Lipinski definition) is 2. The second-order valence-corrected chi connectivity index (χ2v) is 4.75. The molecule has 0 heterocycles. The van der Waals surface area contributed by atoms with Crippen LogP contribution in [-0.2, 0) is 0 Å². The van der Waals surface area contributed by atoms with Gasteiger partial charge in [0.15, 0.2) is 0 Å². The third kappa shape index (κ3) is 6.59. The van der Waals surface area contributed by atoms with Gasteiger partial charge >= 0.3 is 0 Å². The third-order valence-corrected chi connectivity index (χ3v) is 3.22. The molecule has 0 aromatic carbocycles. The largest absolute Gasteiger partial charge is 0.175 e. The highest BCUT2D eigenvalue weighted by Gasteiger charge is 2.00. The van der Waals surface area contributed by atoms with Gasteiger partial charge < -0.3 is 0 Å². The predicted molar refractivity (Wildman–Crippen MR) is 50.7 cm³/mol. The zero-order valence-corrected chi connectivity index (χ0v) is 8.14. The van der Waals surface area contributed by atoms with E-state index in [4.69, 9.17) is 0 Å². The molecule has 2 unspecified atom stereocenters. The molecule has 0 saturated heterocycles. The molecule has 0 radical (unpaired) electrons. The summed E-state index contributed by atoms with van der Waals surface area (Å²) < 4.78 is 0. The van der Waals surface area contributed by atoms with E-state index < -0.39 is 0 Å². The normalized spacial score (nSPS) is 17.3. The molecule has 0 aliphatic heterocycles. The van der Waals surface area contributed by atoms with Crippen LogP contribution < -0.4 is 0 Å². The van der Waals surface area contributed by atoms with Gasteiger partial charge in [-0.2, -0.15) is 24.4 Å². The molecule has 0 N–H and O–H groups in total. The molecule has 0 aromatic rings. The Hall–Kier alpha value is 0.700. The molecule has 0 aromatic heterocycles. The third-order valence-electron chi connectivity index (χ3n) is 1.20. The van der Waals surface area contributed by atoms with Crippen LogP contribution in [0, 0.1) is 0 Å². The van der Waals surface area contributed by atoms with E-state index in [1.807, 2.05) is 11.8 Å². The van der Waals surface area contributed by atoms with Crippen LogP contribution in [0.4, 0.5) is 0 Å². The maximum Gasteiger partial charge on any atom is 0.00792 e. The Balaban J connectivity index is 3.06. The van der Waals surface area contributed by atoms with Crippen molar-refractivity contribution in [2.45, 2.75) is 37.7 Å². The highest BCUT2D eigenvalue weighted by Crippen LogP contribution is 2.15. The van der Waals surface area contributed by atoms with Crippen molar-refractivity contribution in [3.05, 3.63) is 0 Å². The summed E-state index contributed by atoms with van der Waals surface area (Å²) >= 11 is 6.30. The van der Waals surface area contributed by atoms with Crippen LogP contribution in [-0.4, -0.2) is 16.3 Å². The number of thioether (sulfide) groups is 1. The summed E-state index contributed by atoms with van der Waals surface area (Å²) in [6.07, 6.45) is 1.27. The molecule has 0 aliphatic rings. The molecule has 0 spiro atoms. The van der Waals surface area contributed by atoms with Crippen LogP contribution in [0.25, 0.3) is 0 Å². The van der Waals surface area contributed by atoms with Crippen LogP contribution in [0.3, 0.4) is 0 Å². The minimum atomic E-state index is 0.545. The first kappa shape index (κ1) is 9.70. The smallest absolute Gasteiger partial charge is 0.00792 e. The fourth-order valence-electron chi connectivity index (χ4n) is 0.421. The minimum Gasteiger partial charge on any atom is -0.175 e. The first-order valence-electron chi connectivity index (χ1n) is 3.46. The fraction of sp³-hybridized carbons (Fsp3) is 1.00. The van der Waals surface area contributed by atoms with Crippen molar-refractivity contribution in [2.75, 3.05) is 5.75 Å². The summed E-state index contributed by atoms with van der Waals surface area (Å²) in [5.74, 6) is 1.18. The van der Waals surface area contributed by atoms with E-state index in [9.17, 15) is 0 Å². The maximum absolute atomic E-state index is 4.29. The lowest BCUT2D eigenvalue weighted by atomic mass is 10.4. The Labute approximate surface area is 68.2 Å². The molecule has 0 fully saturated rings. The quantitative estimate of drug-likeness (QED) is 0.623. The summed E-state index contributed by atoms with van der Waals surface area (Å²) in [6.45, 7) is 6.63. The van der Waals surface area contributed by atoms with Gasteiger partial charge in [-0.25, -0.2) is 0 Å². The summed E-state index contributed by atoms with van der Waals surface area (Å²) in [4.78, 5) is 0. The summed E-state index contributed by atoms with van der Waals surface area (Å²) in [7, 11) is 0. The standard InChI is InChI=1S/C7H16S2/c1-4-7(3)9-5-6(2)8/h6-8H,4-5H2,1-3H3. The Morgan fingerprint density at radius 1 is 1.44 bits per heavy atom. The number of hydrogen-bond donors (Lipinski definition) is 1. The summed E-state index contributed by atoms with van der Waals surface area (Å²) in [6, 6.07) is 0. The topological polar surface area (TPSA) is 0 Å². The summed E-state index contributed by atoms with van der Waals surface area (Å²) in [5, 5.41) is 1.35. The lowest BCUT2D eigenvalue weighted by molar-refractivity contribution is 0.903. The van der Waals surface area contributed by atoms with E-state index in [0.717, 1.165) is 5.25 Å². The molecule has 0 amide bonds. The van der Waals surface area contributed by atoms with Crippen molar-refractivity contribution in [2.24, 2.45) is 0 Å². The van der Waals surface area contributed by atoms with Gasteiger partial charge in [-0.05, 0) is 6.42 Å². The second kappa shape index (κ2) is 5.48. The Morgan fingerprint density at radius 2 is 2.00 bits per heavy atom. The maximum atomic E-state index is 4.29. The number of rotatable bonds is 4. The van der Waals surface area contributed by atoms with Crippen molar-refractivity contribution in [1.82, 2.24) is 0 Å². The van der Waals surface area contributed by atoms with Crippen LogP contribution in [0.5, 0.6) is 0 Å². The molecule has 9 heavy (non-hydrogen) atoms. The minimum absolute atomic E-state index is 0.545. The molecule has 0 nitrogen and oxygen atoms in total. The average molecular weight is 164 g/mol. The Morgan fingerprint density at radius 3 is 2.33 bits per heavy atom.